The number of fused-ring (bicyclic) bond motifs is 1. The van der Waals surface area contributed by atoms with E-state index in [4.69, 9.17) is 0 Å². The van der Waals surface area contributed by atoms with Crippen molar-refractivity contribution < 1.29 is 23.5 Å². The third-order valence-corrected chi connectivity index (χ3v) is 8.96. The number of benzene rings is 2. The minimum atomic E-state index is -1.30. The van der Waals surface area contributed by atoms with Crippen LogP contribution in [0.3, 0.4) is 0 Å². The molecule has 41 heavy (non-hydrogen) atoms. The second-order valence-corrected chi connectivity index (χ2v) is 11.6. The SMILES string of the molecule is Cc1cccn2c(C)c(C(O)=C3C(=O)C(=O)N(c4nnc(SCc5ccc(F)cc5)s4)C3c3ccccc3F)nc12. The molecule has 0 aliphatic carbocycles. The highest BCUT2D eigenvalue weighted by Gasteiger charge is 2.49. The number of hydrogen-bond donors (Lipinski definition) is 1. The van der Waals surface area contributed by atoms with Crippen LogP contribution in [0.25, 0.3) is 11.4 Å². The maximum absolute atomic E-state index is 15.2. The lowest BCUT2D eigenvalue weighted by molar-refractivity contribution is -0.132. The molecule has 5 aromatic rings. The standard InChI is InChI=1S/C29H21F2N5O3S2/c1-15-6-5-13-35-16(2)22(32-26(15)35)24(37)21-23(19-7-3-4-8-20(19)31)36(27(39)25(21)38)28-33-34-29(41-28)40-14-17-9-11-18(30)12-10-17/h3-13,23,37H,14H2,1-2H3. The Morgan fingerprint density at radius 2 is 1.78 bits per heavy atom. The number of amides is 1. The molecule has 4 heterocycles. The predicted octanol–water partition coefficient (Wildman–Crippen LogP) is 6.00. The molecule has 0 spiro atoms. The Morgan fingerprint density at radius 3 is 2.51 bits per heavy atom. The Morgan fingerprint density at radius 1 is 1.02 bits per heavy atom. The molecule has 1 unspecified atom stereocenters. The highest BCUT2D eigenvalue weighted by atomic mass is 32.2. The zero-order valence-corrected chi connectivity index (χ0v) is 23.3. The van der Waals surface area contributed by atoms with E-state index in [0.29, 0.717) is 21.4 Å². The summed E-state index contributed by atoms with van der Waals surface area (Å²) in [6, 6.07) is 14.2. The maximum Gasteiger partial charge on any atom is 0.301 e. The molecular formula is C29H21F2N5O3S2. The summed E-state index contributed by atoms with van der Waals surface area (Å²) in [5, 5.41) is 19.9. The first kappa shape index (κ1) is 26.8. The Labute approximate surface area is 241 Å². The highest BCUT2D eigenvalue weighted by molar-refractivity contribution is 8.00. The lowest BCUT2D eigenvalue weighted by atomic mass is 9.96. The van der Waals surface area contributed by atoms with E-state index >= 15 is 4.39 Å². The third-order valence-electron chi connectivity index (χ3n) is 6.83. The fourth-order valence-corrected chi connectivity index (χ4v) is 6.60. The van der Waals surface area contributed by atoms with Crippen LogP contribution in [0.2, 0.25) is 0 Å². The van der Waals surface area contributed by atoms with Gasteiger partial charge in [0.15, 0.2) is 10.1 Å². The number of ketones is 1. The van der Waals surface area contributed by atoms with E-state index < -0.39 is 29.3 Å². The van der Waals surface area contributed by atoms with E-state index in [1.165, 1.54) is 42.1 Å². The molecule has 0 radical (unpaired) electrons. The van der Waals surface area contributed by atoms with Crippen LogP contribution in [0.4, 0.5) is 13.9 Å². The molecule has 1 amide bonds. The normalized spacial score (nSPS) is 16.7. The molecule has 3 aromatic heterocycles. The van der Waals surface area contributed by atoms with Gasteiger partial charge in [0.05, 0.1) is 11.3 Å². The number of hydrogen-bond acceptors (Lipinski definition) is 8. The molecule has 0 bridgehead atoms. The van der Waals surface area contributed by atoms with E-state index in [0.717, 1.165) is 27.4 Å². The minimum absolute atomic E-state index is 0.0153. The molecular weight excluding hydrogens is 568 g/mol. The van der Waals surface area contributed by atoms with Gasteiger partial charge in [-0.15, -0.1) is 10.2 Å². The number of aromatic nitrogens is 4. The van der Waals surface area contributed by atoms with Gasteiger partial charge in [0.25, 0.3) is 5.78 Å². The number of carbonyl (C=O) groups excluding carboxylic acids is 2. The molecule has 8 nitrogen and oxygen atoms in total. The highest BCUT2D eigenvalue weighted by Crippen LogP contribution is 2.45. The zero-order valence-electron chi connectivity index (χ0n) is 21.7. The van der Waals surface area contributed by atoms with Gasteiger partial charge in [-0.1, -0.05) is 59.5 Å². The number of halogens is 2. The summed E-state index contributed by atoms with van der Waals surface area (Å²) in [6.07, 6.45) is 1.78. The summed E-state index contributed by atoms with van der Waals surface area (Å²) in [6.45, 7) is 3.60. The van der Waals surface area contributed by atoms with Crippen LogP contribution in [-0.4, -0.2) is 36.4 Å². The molecule has 1 aliphatic rings. The number of imidazole rings is 1. The van der Waals surface area contributed by atoms with Crippen molar-refractivity contribution in [2.75, 3.05) is 4.90 Å². The summed E-state index contributed by atoms with van der Waals surface area (Å²) in [5.74, 6) is -2.99. The largest absolute Gasteiger partial charge is 0.505 e. The second-order valence-electron chi connectivity index (χ2n) is 9.39. The number of aliphatic hydroxyl groups is 1. The van der Waals surface area contributed by atoms with E-state index in [2.05, 4.69) is 15.2 Å². The van der Waals surface area contributed by atoms with Crippen molar-refractivity contribution in [2.24, 2.45) is 0 Å². The molecule has 1 saturated heterocycles. The Bertz CT molecular complexity index is 1870. The van der Waals surface area contributed by atoms with Gasteiger partial charge in [-0.25, -0.2) is 13.8 Å². The van der Waals surface area contributed by atoms with Gasteiger partial charge in [0, 0.05) is 17.5 Å². The molecule has 1 fully saturated rings. The molecule has 1 N–H and O–H groups in total. The molecule has 0 saturated carbocycles. The van der Waals surface area contributed by atoms with Gasteiger partial charge in [0.2, 0.25) is 5.13 Å². The van der Waals surface area contributed by atoms with Crippen LogP contribution in [0.15, 0.2) is 76.8 Å². The Kier molecular flexibility index (Phi) is 6.88. The van der Waals surface area contributed by atoms with Crippen molar-refractivity contribution in [3.63, 3.8) is 0 Å². The van der Waals surface area contributed by atoms with Gasteiger partial charge in [-0.3, -0.25) is 14.5 Å². The van der Waals surface area contributed by atoms with Crippen molar-refractivity contribution in [3.8, 4) is 0 Å². The minimum Gasteiger partial charge on any atom is -0.505 e. The summed E-state index contributed by atoms with van der Waals surface area (Å²) in [4.78, 5) is 32.6. The van der Waals surface area contributed by atoms with Crippen LogP contribution in [-0.2, 0) is 15.3 Å². The smallest absolute Gasteiger partial charge is 0.301 e. The van der Waals surface area contributed by atoms with E-state index in [-0.39, 0.29) is 27.8 Å². The van der Waals surface area contributed by atoms with Crippen molar-refractivity contribution in [1.29, 1.82) is 0 Å². The van der Waals surface area contributed by atoms with E-state index in [1.807, 2.05) is 19.1 Å². The lowest BCUT2D eigenvalue weighted by Crippen LogP contribution is -2.29. The van der Waals surface area contributed by atoms with Gasteiger partial charge in [0.1, 0.15) is 29.0 Å². The molecule has 1 aliphatic heterocycles. The number of aliphatic hydroxyl groups excluding tert-OH is 1. The van der Waals surface area contributed by atoms with Gasteiger partial charge < -0.3 is 9.51 Å². The lowest BCUT2D eigenvalue weighted by Gasteiger charge is -2.22. The summed E-state index contributed by atoms with van der Waals surface area (Å²) >= 11 is 2.38. The monoisotopic (exact) mass is 589 g/mol. The average Bonchev–Trinajstić information content (AvgIpc) is 3.64. The number of aryl methyl sites for hydroxylation is 2. The molecule has 1 atom stereocenters. The summed E-state index contributed by atoms with van der Waals surface area (Å²) < 4.78 is 30.7. The summed E-state index contributed by atoms with van der Waals surface area (Å²) in [7, 11) is 0. The predicted molar refractivity (Wildman–Crippen MR) is 152 cm³/mol. The average molecular weight is 590 g/mol. The number of nitrogens with zero attached hydrogens (tertiary/aromatic N) is 5. The number of rotatable bonds is 6. The van der Waals surface area contributed by atoms with E-state index in [9.17, 15) is 19.1 Å². The van der Waals surface area contributed by atoms with Crippen LogP contribution in [0.1, 0.15) is 34.1 Å². The molecule has 12 heteroatoms. The second kappa shape index (κ2) is 10.5. The van der Waals surface area contributed by atoms with Gasteiger partial charge >= 0.3 is 5.91 Å². The number of Topliss-reactive ketones (excluding diaryl/α,β-unsaturated/α-hetero) is 1. The summed E-state index contributed by atoms with van der Waals surface area (Å²) in [5.41, 5.74) is 2.68. The zero-order chi connectivity index (χ0) is 28.8. The van der Waals surface area contributed by atoms with Crippen molar-refractivity contribution in [2.45, 2.75) is 30.0 Å². The van der Waals surface area contributed by atoms with Crippen molar-refractivity contribution >= 4 is 51.3 Å². The van der Waals surface area contributed by atoms with E-state index in [1.54, 1.807) is 35.7 Å². The first-order valence-corrected chi connectivity index (χ1v) is 14.3. The number of pyridine rings is 1. The Balaban J connectivity index is 1.44. The molecule has 206 valence electrons. The fourth-order valence-electron chi connectivity index (χ4n) is 4.78. The maximum atomic E-state index is 15.2. The first-order valence-electron chi connectivity index (χ1n) is 12.5. The van der Waals surface area contributed by atoms with Crippen LogP contribution in [0.5, 0.6) is 0 Å². The van der Waals surface area contributed by atoms with Crippen molar-refractivity contribution in [1.82, 2.24) is 19.6 Å². The van der Waals surface area contributed by atoms with Gasteiger partial charge in [-0.2, -0.15) is 0 Å². The van der Waals surface area contributed by atoms with Crippen LogP contribution in [0, 0.1) is 25.5 Å². The van der Waals surface area contributed by atoms with Crippen LogP contribution >= 0.6 is 23.1 Å². The van der Waals surface area contributed by atoms with Crippen LogP contribution < -0.4 is 4.90 Å². The van der Waals surface area contributed by atoms with Crippen molar-refractivity contribution in [3.05, 3.63) is 112 Å². The number of carbonyl (C=O) groups is 2. The number of anilines is 1. The quantitative estimate of drug-likeness (QED) is 0.0853. The first-order chi connectivity index (χ1) is 19.7. The topological polar surface area (TPSA) is 101 Å². The third kappa shape index (κ3) is 4.68. The van der Waals surface area contributed by atoms with Gasteiger partial charge in [-0.05, 0) is 49.2 Å². The Hall–Kier alpha value is -4.42. The molecule has 6 rings (SSSR count). The number of thioether (sulfide) groups is 1. The fraction of sp³-hybridized carbons (Fsp3) is 0.138. The molecule has 2 aromatic carbocycles.